The minimum Gasteiger partial charge on any atom is -0.396 e. The van der Waals surface area contributed by atoms with Crippen LogP contribution in [0.3, 0.4) is 0 Å². The summed E-state index contributed by atoms with van der Waals surface area (Å²) in [5.41, 5.74) is 6.85. The number of nitrogens with two attached hydrogens (primary N) is 1. The minimum absolute atomic E-state index is 0.0109. The molecule has 0 aliphatic heterocycles. The van der Waals surface area contributed by atoms with Crippen molar-refractivity contribution >= 4 is 5.96 Å². The summed E-state index contributed by atoms with van der Waals surface area (Å²) in [5.74, 6) is -0.184. The lowest BCUT2D eigenvalue weighted by Crippen LogP contribution is -2.37. The highest BCUT2D eigenvalue weighted by molar-refractivity contribution is 5.76. The molecule has 64 valence electrons. The average Bonchev–Trinajstić information content (AvgIpc) is 1.86. The Hall–Kier alpha value is -1.37. The number of hydrogen-bond donors (Lipinski definition) is 4. The molecule has 0 aliphatic rings. The fourth-order valence-electron chi connectivity index (χ4n) is 0.404. The molecule has 11 heavy (non-hydrogen) atoms. The van der Waals surface area contributed by atoms with E-state index in [0.717, 1.165) is 0 Å². The number of nitrogens with one attached hydrogen (secondary N) is 1. The van der Waals surface area contributed by atoms with Crippen LogP contribution < -0.4 is 11.2 Å². The Labute approximate surface area is 63.0 Å². The molecule has 0 saturated carbocycles. The predicted molar refractivity (Wildman–Crippen MR) is 36.7 cm³/mol. The van der Waals surface area contributed by atoms with E-state index in [0.29, 0.717) is 13.0 Å². The van der Waals surface area contributed by atoms with E-state index in [4.69, 9.17) is 16.0 Å². The highest BCUT2D eigenvalue weighted by Gasteiger charge is 2.02. The normalized spacial score (nSPS) is 11.2. The third-order valence-corrected chi connectivity index (χ3v) is 0.809. The Bertz CT molecular complexity index is 157. The topological polar surface area (TPSA) is 111 Å². The quantitative estimate of drug-likeness (QED) is 0.172. The van der Waals surface area contributed by atoms with Crippen molar-refractivity contribution in [3.05, 3.63) is 4.91 Å². The molecule has 5 N–H and O–H groups in total. The molecule has 0 radical (unpaired) electrons. The summed E-state index contributed by atoms with van der Waals surface area (Å²) in [7, 11) is 0. The highest BCUT2D eigenvalue weighted by atomic mass is 16.7. The van der Waals surface area contributed by atoms with E-state index in [1.165, 1.54) is 0 Å². The number of rotatable bonds is 4. The molecule has 0 fully saturated rings. The van der Waals surface area contributed by atoms with Crippen LogP contribution in [0.15, 0.2) is 4.99 Å². The molecule has 0 amide bonds. The molecule has 0 heterocycles. The van der Waals surface area contributed by atoms with E-state index >= 15 is 0 Å². The monoisotopic (exact) mass is 163 g/mol. The van der Waals surface area contributed by atoms with Gasteiger partial charge in [0.15, 0.2) is 0 Å². The number of guanidine groups is 1. The third-order valence-electron chi connectivity index (χ3n) is 0.809. The third kappa shape index (κ3) is 6.52. The van der Waals surface area contributed by atoms with Gasteiger partial charge < -0.3 is 10.8 Å². The first kappa shape index (κ1) is 9.63. The summed E-state index contributed by atoms with van der Waals surface area (Å²) >= 11 is 0. The first-order valence-corrected chi connectivity index (χ1v) is 3.00. The van der Waals surface area contributed by atoms with Gasteiger partial charge in [0.25, 0.3) is 5.96 Å². The van der Waals surface area contributed by atoms with Crippen LogP contribution in [0.25, 0.3) is 0 Å². The summed E-state index contributed by atoms with van der Waals surface area (Å²) in [5, 5.41) is 15.8. The van der Waals surface area contributed by atoms with Crippen LogP contribution in [0.4, 0.5) is 0 Å². The van der Waals surface area contributed by atoms with Gasteiger partial charge in [-0.2, -0.15) is 0 Å². The van der Waals surface area contributed by atoms with Crippen molar-refractivity contribution in [2.75, 3.05) is 13.2 Å². The summed E-state index contributed by atoms with van der Waals surface area (Å²) in [6.45, 7) is 0.320. The molecule has 7 heteroatoms. The van der Waals surface area contributed by atoms with Gasteiger partial charge in [-0.25, -0.2) is 10.2 Å². The minimum atomic E-state index is -0.544. The van der Waals surface area contributed by atoms with Crippen molar-refractivity contribution in [1.82, 2.24) is 5.43 Å². The first-order valence-electron chi connectivity index (χ1n) is 3.00. The summed E-state index contributed by atoms with van der Waals surface area (Å²) in [6.07, 6.45) is 0.465. The molecular weight excluding hydrogens is 152 g/mol. The lowest BCUT2D eigenvalue weighted by atomic mass is 10.5. The Morgan fingerprint density at radius 2 is 2.36 bits per heavy atom. The molecular formula is C4H11N4O3+. The van der Waals surface area contributed by atoms with Crippen molar-refractivity contribution in [3.63, 3.8) is 0 Å². The van der Waals surface area contributed by atoms with E-state index in [9.17, 15) is 4.91 Å². The second kappa shape index (κ2) is 5.42. The van der Waals surface area contributed by atoms with Gasteiger partial charge in [0.05, 0.1) is 0 Å². The molecule has 0 aromatic carbocycles. The molecule has 0 rings (SSSR count). The van der Waals surface area contributed by atoms with Crippen LogP contribution in [-0.2, 0) is 0 Å². The van der Waals surface area contributed by atoms with Gasteiger partial charge in [-0.1, -0.05) is 0 Å². The van der Waals surface area contributed by atoms with Crippen LogP contribution in [0.2, 0.25) is 0 Å². The van der Waals surface area contributed by atoms with Gasteiger partial charge in [-0.3, -0.25) is 0 Å². The number of aliphatic hydroxyl groups is 1. The molecule has 0 atom stereocenters. The Morgan fingerprint density at radius 3 is 2.82 bits per heavy atom. The first-order chi connectivity index (χ1) is 5.16. The van der Waals surface area contributed by atoms with Crippen LogP contribution >= 0.6 is 0 Å². The van der Waals surface area contributed by atoms with Gasteiger partial charge in [-0.05, 0) is 11.8 Å². The number of nitrogens with zero attached hydrogens (tertiary/aromatic N) is 2. The second-order valence-electron chi connectivity index (χ2n) is 1.73. The largest absolute Gasteiger partial charge is 0.396 e. The maximum atomic E-state index is 9.84. The lowest BCUT2D eigenvalue weighted by Gasteiger charge is -1.91. The standard InChI is InChI=1S/C4H11N4O3/c5-4(7-8(10)11)6-2-1-3-9/h9H,1-3H2,(H,10,11)(H3,5,6,7)/q+1. The second-order valence-corrected chi connectivity index (χ2v) is 1.73. The van der Waals surface area contributed by atoms with E-state index < -0.39 is 5.03 Å². The summed E-state index contributed by atoms with van der Waals surface area (Å²) < 4.78 is 0. The van der Waals surface area contributed by atoms with Gasteiger partial charge >= 0.3 is 5.03 Å². The molecule has 0 bridgehead atoms. The molecule has 0 spiro atoms. The SMILES string of the molecule is NC(=NCCCO)N[N+](=O)O. The van der Waals surface area contributed by atoms with Gasteiger partial charge in [0.2, 0.25) is 0 Å². The molecule has 0 saturated heterocycles. The number of aliphatic hydroxyl groups excluding tert-OH is 1. The molecule has 0 aromatic heterocycles. The van der Waals surface area contributed by atoms with Crippen LogP contribution in [0.1, 0.15) is 6.42 Å². The maximum Gasteiger partial charge on any atom is 0.362 e. The molecule has 0 unspecified atom stereocenters. The molecule has 0 aromatic rings. The summed E-state index contributed by atoms with van der Waals surface area (Å²) in [6, 6.07) is 0. The fraction of sp³-hybridized carbons (Fsp3) is 0.750. The van der Waals surface area contributed by atoms with Gasteiger partial charge in [0.1, 0.15) is 4.91 Å². The predicted octanol–water partition coefficient (Wildman–Crippen LogP) is -1.64. The smallest absolute Gasteiger partial charge is 0.362 e. The average molecular weight is 163 g/mol. The van der Waals surface area contributed by atoms with Crippen molar-refractivity contribution in [1.29, 1.82) is 0 Å². The van der Waals surface area contributed by atoms with Gasteiger partial charge in [-0.15, -0.1) is 0 Å². The Balaban J connectivity index is 3.54. The van der Waals surface area contributed by atoms with E-state index in [1.54, 1.807) is 5.43 Å². The summed E-state index contributed by atoms with van der Waals surface area (Å²) in [4.78, 5) is 13.4. The Morgan fingerprint density at radius 1 is 1.73 bits per heavy atom. The van der Waals surface area contributed by atoms with Crippen molar-refractivity contribution < 1.29 is 15.3 Å². The zero-order valence-electron chi connectivity index (χ0n) is 5.90. The van der Waals surface area contributed by atoms with Crippen molar-refractivity contribution in [3.8, 4) is 0 Å². The lowest BCUT2D eigenvalue weighted by molar-refractivity contribution is -0.822. The van der Waals surface area contributed by atoms with Crippen LogP contribution in [0.5, 0.6) is 0 Å². The van der Waals surface area contributed by atoms with E-state index in [1.807, 2.05) is 0 Å². The van der Waals surface area contributed by atoms with Crippen molar-refractivity contribution in [2.45, 2.75) is 6.42 Å². The zero-order valence-corrected chi connectivity index (χ0v) is 5.90. The van der Waals surface area contributed by atoms with Crippen molar-refractivity contribution in [2.24, 2.45) is 10.7 Å². The van der Waals surface area contributed by atoms with E-state index in [2.05, 4.69) is 4.99 Å². The number of aliphatic imine (C=N–C) groups is 1. The molecule has 0 aliphatic carbocycles. The van der Waals surface area contributed by atoms with E-state index in [-0.39, 0.29) is 12.6 Å². The van der Waals surface area contributed by atoms with Gasteiger partial charge in [0, 0.05) is 13.2 Å². The maximum absolute atomic E-state index is 9.84. The molecule has 7 nitrogen and oxygen atoms in total. The highest BCUT2D eigenvalue weighted by Crippen LogP contribution is 1.76. The Kier molecular flexibility index (Phi) is 4.74. The number of hydrogen-bond acceptors (Lipinski definition) is 3. The number of hydrazine groups is 1. The zero-order chi connectivity index (χ0) is 8.69. The van der Waals surface area contributed by atoms with Crippen LogP contribution in [-0.4, -0.2) is 34.5 Å². The van der Waals surface area contributed by atoms with Crippen LogP contribution in [0, 0.1) is 4.91 Å². The fourth-order valence-corrected chi connectivity index (χ4v) is 0.404.